The second-order valence-electron chi connectivity index (χ2n) is 5.92. The summed E-state index contributed by atoms with van der Waals surface area (Å²) in [5, 5.41) is 0. The molecule has 0 unspecified atom stereocenters. The average Bonchev–Trinajstić information content (AvgIpc) is 2.14. The molecule has 110 valence electrons. The highest BCUT2D eigenvalue weighted by Gasteiger charge is 2.37. The van der Waals surface area contributed by atoms with Crippen LogP contribution in [0.3, 0.4) is 0 Å². The van der Waals surface area contributed by atoms with Crippen LogP contribution in [0.5, 0.6) is 0 Å². The van der Waals surface area contributed by atoms with E-state index in [1.165, 1.54) is 0 Å². The maximum absolute atomic E-state index is 6.34. The molecule has 0 N–H and O–H groups in total. The Bertz CT molecular complexity index is 253. The first-order chi connectivity index (χ1) is 8.09. The predicted octanol–water partition coefficient (Wildman–Crippen LogP) is 4.73. The molecule has 18 heavy (non-hydrogen) atoms. The van der Waals surface area contributed by atoms with Crippen molar-refractivity contribution in [2.75, 3.05) is 5.62 Å². The van der Waals surface area contributed by atoms with E-state index in [4.69, 9.17) is 23.4 Å². The fourth-order valence-electron chi connectivity index (χ4n) is 2.88. The van der Waals surface area contributed by atoms with Gasteiger partial charge in [-0.3, -0.25) is 9.34 Å². The monoisotopic (exact) mass is 312 g/mol. The average molecular weight is 313 g/mol. The first kappa shape index (κ1) is 18.9. The summed E-state index contributed by atoms with van der Waals surface area (Å²) in [6.07, 6.45) is -1.88. The molecule has 0 spiro atoms. The summed E-state index contributed by atoms with van der Waals surface area (Å²) >= 11 is 12.4. The van der Waals surface area contributed by atoms with E-state index in [9.17, 15) is 0 Å². The van der Waals surface area contributed by atoms with Crippen molar-refractivity contribution in [3.05, 3.63) is 0 Å². The Morgan fingerprint density at radius 2 is 1.00 bits per heavy atom. The summed E-state index contributed by atoms with van der Waals surface area (Å²) in [5.74, 6) is 0. The summed E-state index contributed by atoms with van der Waals surface area (Å²) in [4.78, 5) is 0. The lowest BCUT2D eigenvalue weighted by Crippen LogP contribution is -2.45. The first-order valence-electron chi connectivity index (χ1n) is 6.82. The molecule has 0 aromatic carbocycles. The van der Waals surface area contributed by atoms with Gasteiger partial charge >= 0.3 is 0 Å². The number of halogens is 1. The highest BCUT2D eigenvalue weighted by Crippen LogP contribution is 2.58. The molecule has 0 saturated carbocycles. The number of rotatable bonds is 7. The Labute approximate surface area is 124 Å². The van der Waals surface area contributed by atoms with Crippen molar-refractivity contribution in [3.63, 3.8) is 0 Å². The van der Waals surface area contributed by atoms with Crippen molar-refractivity contribution in [2.24, 2.45) is 0 Å². The molecule has 5 heteroatoms. The Balaban J connectivity index is 5.62. The lowest BCUT2D eigenvalue weighted by atomic mass is 10.3. The minimum absolute atomic E-state index is 0.426. The molecule has 0 heterocycles. The molecule has 0 fully saturated rings. The van der Waals surface area contributed by atoms with Crippen LogP contribution in [0.1, 0.15) is 55.4 Å². The van der Waals surface area contributed by atoms with Crippen LogP contribution in [0.4, 0.5) is 0 Å². The van der Waals surface area contributed by atoms with Gasteiger partial charge in [-0.05, 0) is 55.4 Å². The van der Waals surface area contributed by atoms with Gasteiger partial charge in [0.15, 0.2) is 0 Å². The Kier molecular flexibility index (Phi) is 7.95. The van der Waals surface area contributed by atoms with Gasteiger partial charge in [0, 0.05) is 24.2 Å². The molecule has 0 bridgehead atoms. The van der Waals surface area contributed by atoms with Crippen LogP contribution in [-0.4, -0.2) is 39.1 Å². The molecule has 0 rings (SSSR count). The Morgan fingerprint density at radius 1 is 0.778 bits per heavy atom. The first-order valence-corrected chi connectivity index (χ1v) is 10.2. The molecule has 0 amide bonds. The summed E-state index contributed by atoms with van der Waals surface area (Å²) in [6, 6.07) is 1.70. The molecule has 0 radical (unpaired) electrons. The topological polar surface area (TPSA) is 6.48 Å². The van der Waals surface area contributed by atoms with E-state index in [2.05, 4.69) is 64.7 Å². The molecule has 0 aliphatic carbocycles. The van der Waals surface area contributed by atoms with Crippen LogP contribution in [0.25, 0.3) is 0 Å². The van der Waals surface area contributed by atoms with Crippen LogP contribution in [-0.2, 0) is 11.8 Å². The second kappa shape index (κ2) is 7.59. The van der Waals surface area contributed by atoms with Crippen molar-refractivity contribution in [1.29, 1.82) is 0 Å². The van der Waals surface area contributed by atoms with Crippen molar-refractivity contribution in [1.82, 2.24) is 9.34 Å². The number of alkyl halides is 1. The molecule has 0 aromatic rings. The minimum Gasteiger partial charge on any atom is -0.258 e. The van der Waals surface area contributed by atoms with Gasteiger partial charge in [-0.1, -0.05) is 11.8 Å². The Morgan fingerprint density at radius 3 is 1.11 bits per heavy atom. The fraction of sp³-hybridized carbons (Fsp3) is 1.00. The van der Waals surface area contributed by atoms with Gasteiger partial charge in [-0.25, -0.2) is 0 Å². The highest BCUT2D eigenvalue weighted by atomic mass is 35.5. The molecule has 0 aliphatic heterocycles. The fourth-order valence-corrected chi connectivity index (χ4v) is 9.25. The van der Waals surface area contributed by atoms with Gasteiger partial charge in [0.05, 0.1) is 12.0 Å². The molecular formula is C13H30ClN2PS. The standard InChI is InChI=1S/C13H30ClN2PS/c1-10(2)15(11(3)4)17(18,9-14)16(12(5)6)13(7)8/h10-13H,9H2,1-8H3. The molecule has 0 atom stereocenters. The van der Waals surface area contributed by atoms with E-state index < -0.39 is 6.34 Å². The van der Waals surface area contributed by atoms with Gasteiger partial charge < -0.3 is 0 Å². The van der Waals surface area contributed by atoms with Crippen LogP contribution < -0.4 is 0 Å². The van der Waals surface area contributed by atoms with E-state index in [0.717, 1.165) is 0 Å². The third kappa shape index (κ3) is 4.18. The molecular weight excluding hydrogens is 283 g/mol. The van der Waals surface area contributed by atoms with Crippen molar-refractivity contribution in [3.8, 4) is 0 Å². The maximum Gasteiger partial charge on any atom is 0.0929 e. The molecule has 0 aromatic heterocycles. The predicted molar refractivity (Wildman–Crippen MR) is 89.2 cm³/mol. The van der Waals surface area contributed by atoms with E-state index in [1.54, 1.807) is 0 Å². The quantitative estimate of drug-likeness (QED) is 0.495. The molecule has 0 aliphatic rings. The van der Waals surface area contributed by atoms with E-state index in [0.29, 0.717) is 29.8 Å². The summed E-state index contributed by atoms with van der Waals surface area (Å²) in [5.41, 5.74) is 0.551. The van der Waals surface area contributed by atoms with E-state index in [-0.39, 0.29) is 0 Å². The SMILES string of the molecule is CC(C)N(C(C)C)P(=S)(CCl)N(C(C)C)C(C)C. The summed E-state index contributed by atoms with van der Waals surface area (Å²) < 4.78 is 4.91. The lowest BCUT2D eigenvalue weighted by Gasteiger charge is -2.49. The summed E-state index contributed by atoms with van der Waals surface area (Å²) in [6.45, 7) is 17.7. The van der Waals surface area contributed by atoms with Crippen molar-refractivity contribution >= 4 is 29.7 Å². The zero-order valence-electron chi connectivity index (χ0n) is 13.1. The third-order valence-corrected chi connectivity index (χ3v) is 9.54. The van der Waals surface area contributed by atoms with Gasteiger partial charge in [-0.15, -0.1) is 11.6 Å². The van der Waals surface area contributed by atoms with Crippen molar-refractivity contribution in [2.45, 2.75) is 79.6 Å². The maximum atomic E-state index is 6.34. The zero-order valence-corrected chi connectivity index (χ0v) is 15.6. The number of hydrogen-bond acceptors (Lipinski definition) is 1. The zero-order chi connectivity index (χ0) is 14.7. The lowest BCUT2D eigenvalue weighted by molar-refractivity contribution is 0.256. The normalized spacial score (nSPS) is 13.9. The molecule has 0 saturated heterocycles. The van der Waals surface area contributed by atoms with Crippen LogP contribution in [0.2, 0.25) is 0 Å². The highest BCUT2D eigenvalue weighted by molar-refractivity contribution is 8.12. The minimum atomic E-state index is -1.88. The number of nitrogens with zero attached hydrogens (tertiary/aromatic N) is 2. The number of hydrogen-bond donors (Lipinski definition) is 0. The van der Waals surface area contributed by atoms with Crippen molar-refractivity contribution < 1.29 is 0 Å². The van der Waals surface area contributed by atoms with E-state index in [1.807, 2.05) is 0 Å². The molecule has 2 nitrogen and oxygen atoms in total. The van der Waals surface area contributed by atoms with Gasteiger partial charge in [0.1, 0.15) is 0 Å². The van der Waals surface area contributed by atoms with Gasteiger partial charge in [-0.2, -0.15) is 0 Å². The van der Waals surface area contributed by atoms with Crippen LogP contribution in [0.15, 0.2) is 0 Å². The van der Waals surface area contributed by atoms with Gasteiger partial charge in [0.2, 0.25) is 0 Å². The third-order valence-electron chi connectivity index (χ3n) is 2.99. The van der Waals surface area contributed by atoms with Crippen LogP contribution >= 0.6 is 17.9 Å². The largest absolute Gasteiger partial charge is 0.258 e. The second-order valence-corrected chi connectivity index (χ2v) is 10.9. The van der Waals surface area contributed by atoms with Crippen LogP contribution in [0, 0.1) is 0 Å². The summed E-state index contributed by atoms with van der Waals surface area (Å²) in [7, 11) is 0. The smallest absolute Gasteiger partial charge is 0.0929 e. The Hall–Kier alpha value is 0.860. The van der Waals surface area contributed by atoms with E-state index >= 15 is 0 Å². The van der Waals surface area contributed by atoms with Gasteiger partial charge in [0.25, 0.3) is 0 Å².